The minimum atomic E-state index is -4.37. The van der Waals surface area contributed by atoms with E-state index in [1.807, 2.05) is 0 Å². The van der Waals surface area contributed by atoms with Crippen molar-refractivity contribution in [2.45, 2.75) is 18.7 Å². The van der Waals surface area contributed by atoms with Gasteiger partial charge in [0.2, 0.25) is 0 Å². The lowest BCUT2D eigenvalue weighted by Gasteiger charge is -2.36. The lowest BCUT2D eigenvalue weighted by atomic mass is 10.0. The highest BCUT2D eigenvalue weighted by atomic mass is 19.4. The number of halogens is 4. The van der Waals surface area contributed by atoms with Gasteiger partial charge in [0, 0.05) is 38.4 Å². The molecule has 0 aliphatic carbocycles. The second-order valence-electron chi connectivity index (χ2n) is 6.73. The molecule has 1 heterocycles. The Morgan fingerprint density at radius 1 is 0.889 bits per heavy atom. The van der Waals surface area contributed by atoms with Crippen LogP contribution >= 0.6 is 0 Å². The van der Waals surface area contributed by atoms with Crippen molar-refractivity contribution in [3.8, 4) is 0 Å². The Labute approximate surface area is 155 Å². The molecule has 0 spiro atoms. The predicted octanol–water partition coefficient (Wildman–Crippen LogP) is 4.09. The van der Waals surface area contributed by atoms with Crippen LogP contribution in [-0.2, 0) is 6.18 Å². The van der Waals surface area contributed by atoms with Gasteiger partial charge in [-0.25, -0.2) is 4.39 Å². The van der Waals surface area contributed by atoms with E-state index in [0.717, 1.165) is 44.0 Å². The summed E-state index contributed by atoms with van der Waals surface area (Å²) in [5.41, 5.74) is 0.768. The highest BCUT2D eigenvalue weighted by Gasteiger charge is 2.30. The Hall–Kier alpha value is -2.12. The molecule has 0 radical (unpaired) electrons. The first-order chi connectivity index (χ1) is 12.8. The summed E-state index contributed by atoms with van der Waals surface area (Å²) in [6, 6.07) is 11.1. The lowest BCUT2D eigenvalue weighted by molar-refractivity contribution is -0.137. The highest BCUT2D eigenvalue weighted by Crippen LogP contribution is 2.30. The number of anilines is 1. The number of aliphatic hydroxyl groups is 1. The maximum absolute atomic E-state index is 13.0. The quantitative estimate of drug-likeness (QED) is 0.789. The number of rotatable bonds is 5. The van der Waals surface area contributed by atoms with E-state index < -0.39 is 17.8 Å². The number of hydrogen-bond donors (Lipinski definition) is 1. The summed E-state index contributed by atoms with van der Waals surface area (Å²) in [7, 11) is 0. The van der Waals surface area contributed by atoms with Gasteiger partial charge >= 0.3 is 6.18 Å². The Morgan fingerprint density at radius 3 is 2.04 bits per heavy atom. The average Bonchev–Trinajstić information content (AvgIpc) is 2.66. The zero-order valence-corrected chi connectivity index (χ0v) is 14.8. The fourth-order valence-corrected chi connectivity index (χ4v) is 3.25. The van der Waals surface area contributed by atoms with Crippen LogP contribution < -0.4 is 4.90 Å². The molecule has 7 heteroatoms. The summed E-state index contributed by atoms with van der Waals surface area (Å²) < 4.78 is 50.8. The molecule has 0 amide bonds. The molecule has 0 aromatic heterocycles. The van der Waals surface area contributed by atoms with Crippen molar-refractivity contribution in [2.24, 2.45) is 0 Å². The van der Waals surface area contributed by atoms with Crippen molar-refractivity contribution in [2.75, 3.05) is 37.6 Å². The topological polar surface area (TPSA) is 26.7 Å². The van der Waals surface area contributed by atoms with Gasteiger partial charge in [-0.2, -0.15) is 13.2 Å². The fraction of sp³-hybridized carbons (Fsp3) is 0.400. The number of benzene rings is 2. The molecule has 1 N–H and O–H groups in total. The summed E-state index contributed by atoms with van der Waals surface area (Å²) in [5, 5.41) is 10.2. The molecule has 1 saturated heterocycles. The molecule has 0 bridgehead atoms. The van der Waals surface area contributed by atoms with Gasteiger partial charge in [-0.15, -0.1) is 0 Å². The number of hydrogen-bond acceptors (Lipinski definition) is 3. The second kappa shape index (κ2) is 8.27. The minimum Gasteiger partial charge on any atom is -0.388 e. The van der Waals surface area contributed by atoms with Gasteiger partial charge in [0.05, 0.1) is 11.7 Å². The largest absolute Gasteiger partial charge is 0.416 e. The molecule has 1 aliphatic rings. The van der Waals surface area contributed by atoms with Crippen LogP contribution in [0, 0.1) is 5.82 Å². The van der Waals surface area contributed by atoms with Crippen LogP contribution in [0.15, 0.2) is 48.5 Å². The smallest absolute Gasteiger partial charge is 0.388 e. The number of alkyl halides is 3. The van der Waals surface area contributed by atoms with Crippen LogP contribution in [0.4, 0.5) is 23.2 Å². The van der Waals surface area contributed by atoms with Gasteiger partial charge in [-0.3, -0.25) is 4.90 Å². The second-order valence-corrected chi connectivity index (χ2v) is 6.73. The van der Waals surface area contributed by atoms with Crippen molar-refractivity contribution in [3.05, 3.63) is 65.5 Å². The van der Waals surface area contributed by atoms with Crippen LogP contribution in [0.25, 0.3) is 0 Å². The molecule has 1 unspecified atom stereocenters. The number of aliphatic hydroxyl groups excluding tert-OH is 1. The lowest BCUT2D eigenvalue weighted by Crippen LogP contribution is -2.46. The van der Waals surface area contributed by atoms with Gasteiger partial charge < -0.3 is 10.0 Å². The molecule has 0 saturated carbocycles. The van der Waals surface area contributed by atoms with Gasteiger partial charge in [-0.1, -0.05) is 12.1 Å². The molecule has 3 nitrogen and oxygen atoms in total. The van der Waals surface area contributed by atoms with Crippen molar-refractivity contribution < 1.29 is 22.7 Å². The van der Waals surface area contributed by atoms with Gasteiger partial charge in [0.15, 0.2) is 0 Å². The summed E-state index contributed by atoms with van der Waals surface area (Å²) in [4.78, 5) is 4.40. The molecule has 1 atom stereocenters. The standard InChI is InChI=1S/C20H22F4N2O/c21-17-5-7-18(8-6-17)26-13-11-25(12-14-26)10-9-19(27)15-1-3-16(4-2-15)20(22,23)24/h1-8,19,27H,9-14H2. The Morgan fingerprint density at radius 2 is 1.48 bits per heavy atom. The molecule has 146 valence electrons. The van der Waals surface area contributed by atoms with Crippen LogP contribution in [0.5, 0.6) is 0 Å². The molecular formula is C20H22F4N2O. The zero-order chi connectivity index (χ0) is 19.4. The summed E-state index contributed by atoms with van der Waals surface area (Å²) in [5.74, 6) is -0.255. The number of nitrogens with zero attached hydrogens (tertiary/aromatic N) is 2. The van der Waals surface area contributed by atoms with Crippen molar-refractivity contribution >= 4 is 5.69 Å². The van der Waals surface area contributed by atoms with Gasteiger partial charge in [-0.05, 0) is 48.4 Å². The van der Waals surface area contributed by atoms with Crippen LogP contribution in [-0.4, -0.2) is 42.7 Å². The molecule has 2 aromatic carbocycles. The van der Waals surface area contributed by atoms with Crippen LogP contribution in [0.3, 0.4) is 0 Å². The first kappa shape index (κ1) is 19.6. The fourth-order valence-electron chi connectivity index (χ4n) is 3.25. The molecule has 1 aliphatic heterocycles. The Bertz CT molecular complexity index is 723. The third-order valence-electron chi connectivity index (χ3n) is 4.91. The van der Waals surface area contributed by atoms with E-state index in [1.165, 1.54) is 24.3 Å². The van der Waals surface area contributed by atoms with Gasteiger partial charge in [0.25, 0.3) is 0 Å². The molecule has 3 rings (SSSR count). The molecule has 2 aromatic rings. The van der Waals surface area contributed by atoms with E-state index in [2.05, 4.69) is 9.80 Å². The Kier molecular flexibility index (Phi) is 6.01. The summed E-state index contributed by atoms with van der Waals surface area (Å²) in [6.07, 6.45) is -4.70. The normalized spacial score (nSPS) is 17.1. The molecule has 1 fully saturated rings. The first-order valence-corrected chi connectivity index (χ1v) is 8.91. The van der Waals surface area contributed by atoms with Crippen molar-refractivity contribution in [3.63, 3.8) is 0 Å². The van der Waals surface area contributed by atoms with Gasteiger partial charge in [0.1, 0.15) is 5.82 Å². The maximum atomic E-state index is 13.0. The minimum absolute atomic E-state index is 0.255. The van der Waals surface area contributed by atoms with E-state index >= 15 is 0 Å². The zero-order valence-electron chi connectivity index (χ0n) is 14.8. The molecular weight excluding hydrogens is 360 g/mol. The third kappa shape index (κ3) is 5.20. The SMILES string of the molecule is OC(CCN1CCN(c2ccc(F)cc2)CC1)c1ccc(C(F)(F)F)cc1. The predicted molar refractivity (Wildman–Crippen MR) is 96.1 cm³/mol. The van der Waals surface area contributed by atoms with E-state index in [9.17, 15) is 22.7 Å². The summed E-state index contributed by atoms with van der Waals surface area (Å²) in [6.45, 7) is 3.91. The summed E-state index contributed by atoms with van der Waals surface area (Å²) >= 11 is 0. The number of piperazine rings is 1. The van der Waals surface area contributed by atoms with Crippen molar-refractivity contribution in [1.29, 1.82) is 0 Å². The maximum Gasteiger partial charge on any atom is 0.416 e. The Balaban J connectivity index is 1.46. The monoisotopic (exact) mass is 382 g/mol. The highest BCUT2D eigenvalue weighted by molar-refractivity contribution is 5.46. The van der Waals surface area contributed by atoms with Crippen LogP contribution in [0.1, 0.15) is 23.7 Å². The van der Waals surface area contributed by atoms with Crippen molar-refractivity contribution in [1.82, 2.24) is 4.90 Å². The van der Waals surface area contributed by atoms with E-state index in [-0.39, 0.29) is 5.82 Å². The van der Waals surface area contributed by atoms with E-state index in [1.54, 1.807) is 12.1 Å². The van der Waals surface area contributed by atoms with E-state index in [4.69, 9.17) is 0 Å². The average molecular weight is 382 g/mol. The third-order valence-corrected chi connectivity index (χ3v) is 4.91. The van der Waals surface area contributed by atoms with E-state index in [0.29, 0.717) is 18.5 Å². The molecule has 27 heavy (non-hydrogen) atoms. The first-order valence-electron chi connectivity index (χ1n) is 8.91. The van der Waals surface area contributed by atoms with Crippen LogP contribution in [0.2, 0.25) is 0 Å².